The van der Waals surface area contributed by atoms with E-state index in [0.717, 1.165) is 63.6 Å². The van der Waals surface area contributed by atoms with Gasteiger partial charge < -0.3 is 29.5 Å². The van der Waals surface area contributed by atoms with E-state index >= 15 is 4.39 Å². The highest BCUT2D eigenvalue weighted by atomic mass is 19.1. The second kappa shape index (κ2) is 10.5. The van der Waals surface area contributed by atoms with E-state index in [0.29, 0.717) is 30.0 Å². The molecule has 0 bridgehead atoms. The summed E-state index contributed by atoms with van der Waals surface area (Å²) in [6.07, 6.45) is 4.41. The number of anilines is 2. The fourth-order valence-electron chi connectivity index (χ4n) is 5.82. The van der Waals surface area contributed by atoms with E-state index in [1.165, 1.54) is 12.3 Å². The number of hydrogen-bond donors (Lipinski definition) is 2. The van der Waals surface area contributed by atoms with E-state index in [2.05, 4.69) is 27.2 Å². The molecule has 3 aromatic rings. The summed E-state index contributed by atoms with van der Waals surface area (Å²) in [5.74, 6) is -0.573. The highest BCUT2D eigenvalue weighted by molar-refractivity contribution is 5.97. The number of aromatic nitrogens is 2. The number of carboxylic acids is 1. The van der Waals surface area contributed by atoms with Gasteiger partial charge in [0.15, 0.2) is 11.6 Å². The van der Waals surface area contributed by atoms with Crippen LogP contribution < -0.4 is 25.3 Å². The first-order valence-corrected chi connectivity index (χ1v) is 13.6. The molecule has 11 heteroatoms. The van der Waals surface area contributed by atoms with Crippen LogP contribution in [0.5, 0.6) is 5.75 Å². The largest absolute Gasteiger partial charge is 0.487 e. The predicted octanol–water partition coefficient (Wildman–Crippen LogP) is 2.31. The van der Waals surface area contributed by atoms with Crippen LogP contribution in [0.4, 0.5) is 15.9 Å². The van der Waals surface area contributed by atoms with Crippen molar-refractivity contribution in [3.8, 4) is 5.75 Å². The molecule has 2 saturated heterocycles. The van der Waals surface area contributed by atoms with Crippen molar-refractivity contribution in [2.75, 3.05) is 68.8 Å². The predicted molar refractivity (Wildman–Crippen MR) is 147 cm³/mol. The van der Waals surface area contributed by atoms with Gasteiger partial charge in [0, 0.05) is 64.8 Å². The van der Waals surface area contributed by atoms with Crippen molar-refractivity contribution in [3.63, 3.8) is 0 Å². The van der Waals surface area contributed by atoms with E-state index in [1.807, 2.05) is 18.0 Å². The Kier molecular flexibility index (Phi) is 6.86. The highest BCUT2D eigenvalue weighted by Gasteiger charge is 2.31. The van der Waals surface area contributed by atoms with Crippen LogP contribution >= 0.6 is 0 Å². The summed E-state index contributed by atoms with van der Waals surface area (Å²) in [6, 6.07) is 5.21. The van der Waals surface area contributed by atoms with Gasteiger partial charge in [-0.05, 0) is 37.6 Å². The lowest BCUT2D eigenvalue weighted by Crippen LogP contribution is -2.46. The summed E-state index contributed by atoms with van der Waals surface area (Å²) in [4.78, 5) is 35.8. The Morgan fingerprint density at radius 3 is 2.72 bits per heavy atom. The van der Waals surface area contributed by atoms with E-state index in [-0.39, 0.29) is 23.6 Å². The minimum absolute atomic E-state index is 0.0312. The summed E-state index contributed by atoms with van der Waals surface area (Å²) >= 11 is 0. The van der Waals surface area contributed by atoms with Crippen LogP contribution in [0.25, 0.3) is 10.9 Å². The molecule has 0 aliphatic carbocycles. The molecule has 1 aromatic carbocycles. The molecule has 3 aliphatic rings. The molecule has 1 atom stereocenters. The van der Waals surface area contributed by atoms with Gasteiger partial charge >= 0.3 is 5.97 Å². The zero-order valence-electron chi connectivity index (χ0n) is 22.0. The maximum atomic E-state index is 15.5. The third kappa shape index (κ3) is 4.80. The number of benzene rings is 1. The SMILES string of the molecule is C[C@H]1COc2c(N3CCN(Cc4ccc(N5CCCNCC5)nc4)CC3)c(F)cc3c(=O)c(C(=O)O)cn1c23. The standard InChI is InChI=1S/C28H33FN6O4/c1-18-17-39-27-24-20(26(36)21(28(37)38)16-35(18)24)13-22(29)25(27)34-11-9-32(10-12-34)15-19-3-4-23(31-14-19)33-7-2-5-30-6-8-33/h3-4,13-14,16,18,30H,2,5-12,15,17H2,1H3,(H,37,38)/t18-/m0/s1. The number of hydrogen-bond acceptors (Lipinski definition) is 8. The molecule has 2 aromatic heterocycles. The molecule has 0 amide bonds. The Labute approximate surface area is 225 Å². The monoisotopic (exact) mass is 536 g/mol. The third-order valence-electron chi connectivity index (χ3n) is 7.94. The fraction of sp³-hybridized carbons (Fsp3) is 0.464. The van der Waals surface area contributed by atoms with Crippen LogP contribution in [0.15, 0.2) is 35.4 Å². The van der Waals surface area contributed by atoms with Crippen molar-refractivity contribution in [2.24, 2.45) is 0 Å². The first-order valence-electron chi connectivity index (χ1n) is 13.6. The molecular weight excluding hydrogens is 503 g/mol. The lowest BCUT2D eigenvalue weighted by molar-refractivity contribution is 0.0694. The highest BCUT2D eigenvalue weighted by Crippen LogP contribution is 2.42. The Balaban J connectivity index is 1.19. The minimum atomic E-state index is -1.32. The molecule has 0 radical (unpaired) electrons. The van der Waals surface area contributed by atoms with Crippen LogP contribution in [-0.4, -0.2) is 84.5 Å². The minimum Gasteiger partial charge on any atom is -0.487 e. The van der Waals surface area contributed by atoms with Crippen LogP contribution in [-0.2, 0) is 6.54 Å². The Hall–Kier alpha value is -3.70. The maximum absolute atomic E-state index is 15.5. The average molecular weight is 537 g/mol. The first-order chi connectivity index (χ1) is 18.9. The van der Waals surface area contributed by atoms with E-state index in [4.69, 9.17) is 9.72 Å². The Morgan fingerprint density at radius 1 is 1.15 bits per heavy atom. The molecule has 0 spiro atoms. The molecule has 10 nitrogen and oxygen atoms in total. The van der Waals surface area contributed by atoms with Crippen LogP contribution in [0.1, 0.15) is 35.3 Å². The molecule has 3 aliphatic heterocycles. The average Bonchev–Trinajstić information content (AvgIpc) is 3.22. The topological polar surface area (TPSA) is 103 Å². The third-order valence-corrected chi connectivity index (χ3v) is 7.94. The second-order valence-electron chi connectivity index (χ2n) is 10.6. The van der Waals surface area contributed by atoms with Gasteiger partial charge in [-0.15, -0.1) is 0 Å². The summed E-state index contributed by atoms with van der Waals surface area (Å²) in [6.45, 7) is 9.55. The van der Waals surface area contributed by atoms with Gasteiger partial charge in [0.2, 0.25) is 5.43 Å². The van der Waals surface area contributed by atoms with Gasteiger partial charge in [-0.25, -0.2) is 14.2 Å². The molecule has 0 unspecified atom stereocenters. The number of carboxylic acid groups (broad SMARTS) is 1. The van der Waals surface area contributed by atoms with Crippen LogP contribution in [0.3, 0.4) is 0 Å². The molecule has 6 rings (SSSR count). The molecule has 2 N–H and O–H groups in total. The smallest absolute Gasteiger partial charge is 0.341 e. The number of carbonyl (C=O) groups is 1. The molecule has 2 fully saturated rings. The summed E-state index contributed by atoms with van der Waals surface area (Å²) in [7, 11) is 0. The zero-order valence-corrected chi connectivity index (χ0v) is 22.0. The number of halogens is 1. The van der Waals surface area contributed by atoms with Crippen molar-refractivity contribution in [1.29, 1.82) is 0 Å². The van der Waals surface area contributed by atoms with Gasteiger partial charge in [0.25, 0.3) is 0 Å². The van der Waals surface area contributed by atoms with Gasteiger partial charge in [-0.2, -0.15) is 0 Å². The second-order valence-corrected chi connectivity index (χ2v) is 10.6. The molecule has 5 heterocycles. The molecule has 0 saturated carbocycles. The van der Waals surface area contributed by atoms with Gasteiger partial charge in [-0.1, -0.05) is 6.07 Å². The molecular formula is C28H33FN6O4. The number of pyridine rings is 2. The zero-order chi connectivity index (χ0) is 27.1. The maximum Gasteiger partial charge on any atom is 0.341 e. The summed E-state index contributed by atoms with van der Waals surface area (Å²) in [5.41, 5.74) is 0.865. The summed E-state index contributed by atoms with van der Waals surface area (Å²) in [5, 5.41) is 12.9. The Bertz CT molecular complexity index is 1440. The normalized spacial score (nSPS) is 20.1. The summed E-state index contributed by atoms with van der Waals surface area (Å²) < 4.78 is 23.3. The van der Waals surface area contributed by atoms with Crippen molar-refractivity contribution >= 4 is 28.4 Å². The molecule has 39 heavy (non-hydrogen) atoms. The van der Waals surface area contributed by atoms with Crippen molar-refractivity contribution in [2.45, 2.75) is 25.9 Å². The fourth-order valence-corrected chi connectivity index (χ4v) is 5.82. The lowest BCUT2D eigenvalue weighted by atomic mass is 10.1. The van der Waals surface area contributed by atoms with E-state index < -0.39 is 17.2 Å². The van der Waals surface area contributed by atoms with Crippen LogP contribution in [0.2, 0.25) is 0 Å². The van der Waals surface area contributed by atoms with Gasteiger partial charge in [0.05, 0.1) is 16.9 Å². The number of aromatic carboxylic acids is 1. The number of piperazine rings is 1. The number of nitrogens with zero attached hydrogens (tertiary/aromatic N) is 5. The van der Waals surface area contributed by atoms with Gasteiger partial charge in [-0.3, -0.25) is 9.69 Å². The van der Waals surface area contributed by atoms with Crippen LogP contribution in [0, 0.1) is 5.82 Å². The van der Waals surface area contributed by atoms with Gasteiger partial charge in [0.1, 0.15) is 23.7 Å². The van der Waals surface area contributed by atoms with E-state index in [9.17, 15) is 14.7 Å². The van der Waals surface area contributed by atoms with E-state index in [1.54, 1.807) is 4.57 Å². The first kappa shape index (κ1) is 25.6. The van der Waals surface area contributed by atoms with Crippen molar-refractivity contribution in [1.82, 2.24) is 19.8 Å². The van der Waals surface area contributed by atoms with Crippen molar-refractivity contribution < 1.29 is 19.0 Å². The molecule has 206 valence electrons. The number of ether oxygens (including phenoxy) is 1. The quantitative estimate of drug-likeness (QED) is 0.509. The number of nitrogens with one attached hydrogen (secondary N) is 1. The number of rotatable bonds is 5. The Morgan fingerprint density at radius 2 is 1.97 bits per heavy atom. The lowest BCUT2D eigenvalue weighted by Gasteiger charge is -2.38. The van der Waals surface area contributed by atoms with Crippen molar-refractivity contribution in [3.05, 3.63) is 57.8 Å².